The first-order chi connectivity index (χ1) is 13.2. The second-order valence-electron chi connectivity index (χ2n) is 6.40. The predicted octanol–water partition coefficient (Wildman–Crippen LogP) is 5.48. The Bertz CT molecular complexity index is 980. The number of thiocarbonyl (C=S) groups is 1. The van der Waals surface area contributed by atoms with E-state index in [9.17, 15) is 18.0 Å². The van der Waals surface area contributed by atoms with Crippen molar-refractivity contribution in [3.63, 3.8) is 0 Å². The third kappa shape index (κ3) is 3.34. The number of rotatable bonds is 3. The molecule has 0 saturated carbocycles. The third-order valence-electron chi connectivity index (χ3n) is 4.58. The average molecular weight is 403 g/mol. The fourth-order valence-electron chi connectivity index (χ4n) is 3.17. The molecule has 1 aliphatic rings. The van der Waals surface area contributed by atoms with Crippen molar-refractivity contribution >= 4 is 40.3 Å². The lowest BCUT2D eigenvalue weighted by molar-refractivity contribution is -0.136. The largest absolute Gasteiger partial charge is 0.407 e. The summed E-state index contributed by atoms with van der Waals surface area (Å²) in [5.74, 6) is -0.392. The summed E-state index contributed by atoms with van der Waals surface area (Å²) in [6.07, 6.45) is -4.27. The van der Waals surface area contributed by atoms with E-state index in [1.54, 1.807) is 4.90 Å². The van der Waals surface area contributed by atoms with E-state index in [-0.39, 0.29) is 10.8 Å². The van der Waals surface area contributed by atoms with Crippen molar-refractivity contribution in [2.24, 2.45) is 0 Å². The van der Waals surface area contributed by atoms with Crippen LogP contribution in [-0.4, -0.2) is 17.1 Å². The van der Waals surface area contributed by atoms with Crippen LogP contribution in [0.2, 0.25) is 0 Å². The van der Waals surface area contributed by atoms with E-state index in [1.165, 1.54) is 6.07 Å². The zero-order valence-electron chi connectivity index (χ0n) is 15.1. The lowest BCUT2D eigenvalue weighted by atomic mass is 10.1. The molecule has 0 bridgehead atoms. The highest BCUT2D eigenvalue weighted by atomic mass is 32.1. The van der Waals surface area contributed by atoms with Crippen LogP contribution in [0.5, 0.6) is 0 Å². The van der Waals surface area contributed by atoms with Crippen molar-refractivity contribution in [1.29, 1.82) is 0 Å². The molecule has 0 radical (unpaired) electrons. The Kier molecular flexibility index (Phi) is 5.13. The lowest BCUT2D eigenvalue weighted by Crippen LogP contribution is -2.34. The van der Waals surface area contributed by atoms with Gasteiger partial charge in [0.2, 0.25) is 0 Å². The van der Waals surface area contributed by atoms with Gasteiger partial charge in [0.05, 0.1) is 12.1 Å². The molecule has 28 heavy (non-hydrogen) atoms. The molecule has 4 nitrogen and oxygen atoms in total. The molecule has 1 fully saturated rings. The van der Waals surface area contributed by atoms with E-state index in [2.05, 4.69) is 4.85 Å². The normalized spacial score (nSPS) is 17.2. The van der Waals surface area contributed by atoms with E-state index in [0.29, 0.717) is 12.1 Å². The topological polar surface area (TPSA) is 27.9 Å². The van der Waals surface area contributed by atoms with Gasteiger partial charge >= 0.3 is 6.18 Å². The molecule has 1 atom stereocenters. The van der Waals surface area contributed by atoms with Crippen LogP contribution in [0, 0.1) is 13.5 Å². The van der Waals surface area contributed by atoms with Crippen LogP contribution < -0.4 is 9.80 Å². The molecule has 1 heterocycles. The van der Waals surface area contributed by atoms with Crippen LogP contribution in [0.1, 0.15) is 24.5 Å². The van der Waals surface area contributed by atoms with E-state index in [4.69, 9.17) is 18.8 Å². The highest BCUT2D eigenvalue weighted by Gasteiger charge is 2.44. The van der Waals surface area contributed by atoms with Crippen LogP contribution >= 0.6 is 12.2 Å². The monoisotopic (exact) mass is 403 g/mol. The van der Waals surface area contributed by atoms with Gasteiger partial charge in [0.1, 0.15) is 6.04 Å². The van der Waals surface area contributed by atoms with Crippen LogP contribution in [0.4, 0.5) is 30.2 Å². The van der Waals surface area contributed by atoms with Crippen molar-refractivity contribution < 1.29 is 18.0 Å². The van der Waals surface area contributed by atoms with Crippen molar-refractivity contribution in [3.8, 4) is 0 Å². The fraction of sp³-hybridized carbons (Fsp3) is 0.250. The number of hydrogen-bond acceptors (Lipinski definition) is 2. The van der Waals surface area contributed by atoms with Crippen molar-refractivity contribution in [2.75, 3.05) is 9.80 Å². The molecule has 1 saturated heterocycles. The molecule has 0 N–H and O–H groups in total. The standard InChI is InChI=1S/C20H16F3N3OS/c1-4-17-18(27)26(19(28)25(17)13-7-5-12(2)6-8-13)14-9-10-16(24-3)15(11-14)20(21,22)23/h5-11,17H,4H2,1-2H3. The van der Waals surface area contributed by atoms with Gasteiger partial charge in [-0.15, -0.1) is 0 Å². The average Bonchev–Trinajstić information content (AvgIpc) is 2.91. The first-order valence-corrected chi connectivity index (χ1v) is 8.92. The molecule has 8 heteroatoms. The molecular formula is C20H16F3N3OS. The van der Waals surface area contributed by atoms with Crippen LogP contribution in [-0.2, 0) is 11.0 Å². The van der Waals surface area contributed by atoms with Crippen LogP contribution in [0.15, 0.2) is 42.5 Å². The second-order valence-corrected chi connectivity index (χ2v) is 6.76. The van der Waals surface area contributed by atoms with Gasteiger partial charge in [-0.25, -0.2) is 4.85 Å². The number of halogens is 3. The minimum atomic E-state index is -4.71. The summed E-state index contributed by atoms with van der Waals surface area (Å²) < 4.78 is 40.0. The van der Waals surface area contributed by atoms with Gasteiger partial charge in [0.25, 0.3) is 5.91 Å². The van der Waals surface area contributed by atoms with Gasteiger partial charge in [0, 0.05) is 11.4 Å². The van der Waals surface area contributed by atoms with Crippen molar-refractivity contribution in [3.05, 3.63) is 65.0 Å². The summed E-state index contributed by atoms with van der Waals surface area (Å²) in [7, 11) is 0. The predicted molar refractivity (Wildman–Crippen MR) is 106 cm³/mol. The Hall–Kier alpha value is -2.92. The van der Waals surface area contributed by atoms with Gasteiger partial charge < -0.3 is 4.90 Å². The van der Waals surface area contributed by atoms with E-state index < -0.39 is 29.4 Å². The van der Waals surface area contributed by atoms with E-state index in [0.717, 1.165) is 22.6 Å². The molecule has 2 aromatic rings. The highest BCUT2D eigenvalue weighted by molar-refractivity contribution is 7.81. The van der Waals surface area contributed by atoms with E-state index >= 15 is 0 Å². The fourth-order valence-corrected chi connectivity index (χ4v) is 3.60. The number of aryl methyl sites for hydroxylation is 1. The number of amides is 1. The summed E-state index contributed by atoms with van der Waals surface area (Å²) in [5, 5.41) is 0.115. The number of hydrogen-bond donors (Lipinski definition) is 0. The van der Waals surface area contributed by atoms with Crippen LogP contribution in [0.3, 0.4) is 0 Å². The number of nitrogens with zero attached hydrogens (tertiary/aromatic N) is 3. The third-order valence-corrected chi connectivity index (χ3v) is 4.96. The molecule has 1 amide bonds. The molecule has 2 aromatic carbocycles. The lowest BCUT2D eigenvalue weighted by Gasteiger charge is -2.24. The van der Waals surface area contributed by atoms with Gasteiger partial charge in [-0.05, 0) is 49.8 Å². The molecular weight excluding hydrogens is 387 g/mol. The Morgan fingerprint density at radius 3 is 2.29 bits per heavy atom. The minimum Gasteiger partial charge on any atom is -0.306 e. The molecule has 144 valence electrons. The number of benzene rings is 2. The van der Waals surface area contributed by atoms with Crippen LogP contribution in [0.25, 0.3) is 4.85 Å². The Morgan fingerprint density at radius 1 is 1.14 bits per heavy atom. The zero-order valence-corrected chi connectivity index (χ0v) is 15.9. The highest BCUT2D eigenvalue weighted by Crippen LogP contribution is 2.40. The maximum Gasteiger partial charge on any atom is 0.407 e. The smallest absolute Gasteiger partial charge is 0.306 e. The Balaban J connectivity index is 2.08. The molecule has 0 aromatic heterocycles. The van der Waals surface area contributed by atoms with Crippen molar-refractivity contribution in [2.45, 2.75) is 32.5 Å². The van der Waals surface area contributed by atoms with Gasteiger partial charge in [0.15, 0.2) is 10.8 Å². The summed E-state index contributed by atoms with van der Waals surface area (Å²) in [6, 6.07) is 9.99. The number of carbonyl (C=O) groups is 1. The maximum absolute atomic E-state index is 13.3. The SMILES string of the molecule is [C-]#[N+]c1ccc(N2C(=O)C(CC)N(c3ccc(C)cc3)C2=S)cc1C(F)(F)F. The molecule has 0 aliphatic carbocycles. The number of alkyl halides is 3. The molecule has 3 rings (SSSR count). The minimum absolute atomic E-state index is 0.00258. The summed E-state index contributed by atoms with van der Waals surface area (Å²) >= 11 is 5.47. The van der Waals surface area contributed by atoms with Gasteiger partial charge in [-0.3, -0.25) is 9.69 Å². The summed E-state index contributed by atoms with van der Waals surface area (Å²) in [5.41, 5.74) is 0.137. The number of anilines is 2. The first kappa shape index (κ1) is 19.8. The Morgan fingerprint density at radius 2 is 1.75 bits per heavy atom. The van der Waals surface area contributed by atoms with E-state index in [1.807, 2.05) is 38.1 Å². The zero-order chi connectivity index (χ0) is 20.6. The van der Waals surface area contributed by atoms with Gasteiger partial charge in [-0.2, -0.15) is 13.2 Å². The Labute approximate surface area is 166 Å². The molecule has 0 spiro atoms. The quantitative estimate of drug-likeness (QED) is 0.502. The molecule has 1 aliphatic heterocycles. The molecule has 1 unspecified atom stereocenters. The van der Waals surface area contributed by atoms with Crippen molar-refractivity contribution in [1.82, 2.24) is 0 Å². The second kappa shape index (κ2) is 7.24. The number of carbonyl (C=O) groups excluding carboxylic acids is 1. The van der Waals surface area contributed by atoms with Gasteiger partial charge in [-0.1, -0.05) is 30.7 Å². The summed E-state index contributed by atoms with van der Waals surface area (Å²) in [4.78, 5) is 18.7. The first-order valence-electron chi connectivity index (χ1n) is 8.51. The maximum atomic E-state index is 13.3. The summed E-state index contributed by atoms with van der Waals surface area (Å²) in [6.45, 7) is 10.7.